The molecule has 21 heavy (non-hydrogen) atoms. The number of hydrogen-bond donors (Lipinski definition) is 2. The fourth-order valence-electron chi connectivity index (χ4n) is 1.82. The molecule has 4 nitrogen and oxygen atoms in total. The third-order valence-electron chi connectivity index (χ3n) is 2.80. The standard InChI is InChI=1S/C16H16N2O2S/c1-11-5-6-12(4-3-8-17)13(10-11)18-16(19)15-14(20-2)7-9-21-15/h5-7,9-10H,8,17H2,1-2H3,(H,18,19). The summed E-state index contributed by atoms with van der Waals surface area (Å²) in [7, 11) is 1.55. The normalized spacial score (nSPS) is 9.67. The van der Waals surface area contributed by atoms with Gasteiger partial charge >= 0.3 is 0 Å². The highest BCUT2D eigenvalue weighted by Crippen LogP contribution is 2.26. The number of nitrogens with one attached hydrogen (secondary N) is 1. The number of amides is 1. The molecule has 0 saturated carbocycles. The van der Waals surface area contributed by atoms with E-state index in [1.165, 1.54) is 11.3 Å². The van der Waals surface area contributed by atoms with Crippen molar-refractivity contribution >= 4 is 22.9 Å². The number of carbonyl (C=O) groups excluding carboxylic acids is 1. The summed E-state index contributed by atoms with van der Waals surface area (Å²) in [5, 5.41) is 4.70. The number of thiophene rings is 1. The van der Waals surface area contributed by atoms with E-state index in [1.54, 1.807) is 13.2 Å². The van der Waals surface area contributed by atoms with E-state index in [1.807, 2.05) is 30.5 Å². The van der Waals surface area contributed by atoms with Gasteiger partial charge in [0, 0.05) is 5.56 Å². The summed E-state index contributed by atoms with van der Waals surface area (Å²) >= 11 is 1.34. The SMILES string of the molecule is COc1ccsc1C(=O)Nc1cc(C)ccc1C#CCN. The second kappa shape index (κ2) is 6.93. The molecule has 3 N–H and O–H groups in total. The van der Waals surface area contributed by atoms with Crippen molar-refractivity contribution in [3.05, 3.63) is 45.6 Å². The fourth-order valence-corrected chi connectivity index (χ4v) is 2.57. The molecule has 0 aliphatic rings. The molecule has 1 heterocycles. The van der Waals surface area contributed by atoms with Gasteiger partial charge in [-0.25, -0.2) is 0 Å². The summed E-state index contributed by atoms with van der Waals surface area (Å²) in [4.78, 5) is 12.9. The van der Waals surface area contributed by atoms with Crippen LogP contribution in [0.25, 0.3) is 0 Å². The summed E-state index contributed by atoms with van der Waals surface area (Å²) in [6, 6.07) is 7.48. The van der Waals surface area contributed by atoms with Gasteiger partial charge in [-0.2, -0.15) is 0 Å². The maximum Gasteiger partial charge on any atom is 0.269 e. The van der Waals surface area contributed by atoms with Crippen molar-refractivity contribution in [3.8, 4) is 17.6 Å². The number of nitrogens with two attached hydrogens (primary N) is 1. The molecule has 0 unspecified atom stereocenters. The van der Waals surface area contributed by atoms with Crippen LogP contribution >= 0.6 is 11.3 Å². The van der Waals surface area contributed by atoms with Crippen LogP contribution in [0.1, 0.15) is 20.8 Å². The zero-order valence-electron chi connectivity index (χ0n) is 11.9. The molecule has 0 fully saturated rings. The summed E-state index contributed by atoms with van der Waals surface area (Å²) in [5.41, 5.74) is 7.86. The number of anilines is 1. The maximum atomic E-state index is 12.3. The Hall–Kier alpha value is -2.29. The van der Waals surface area contributed by atoms with Crippen LogP contribution < -0.4 is 15.8 Å². The predicted molar refractivity (Wildman–Crippen MR) is 85.9 cm³/mol. The van der Waals surface area contributed by atoms with Gasteiger partial charge in [-0.15, -0.1) is 11.3 Å². The fraction of sp³-hybridized carbons (Fsp3) is 0.188. The van der Waals surface area contributed by atoms with E-state index in [9.17, 15) is 4.79 Å². The molecular weight excluding hydrogens is 284 g/mol. The second-order valence-electron chi connectivity index (χ2n) is 4.33. The van der Waals surface area contributed by atoms with Gasteiger partial charge in [-0.1, -0.05) is 17.9 Å². The Kier molecular flexibility index (Phi) is 4.99. The molecule has 5 heteroatoms. The van der Waals surface area contributed by atoms with Crippen LogP contribution in [-0.2, 0) is 0 Å². The van der Waals surface area contributed by atoms with Crippen molar-refractivity contribution in [2.24, 2.45) is 5.73 Å². The molecule has 1 amide bonds. The first-order valence-corrected chi connectivity index (χ1v) is 7.26. The third-order valence-corrected chi connectivity index (χ3v) is 3.70. The Morgan fingerprint density at radius 2 is 2.24 bits per heavy atom. The maximum absolute atomic E-state index is 12.3. The van der Waals surface area contributed by atoms with Crippen molar-refractivity contribution in [2.45, 2.75) is 6.92 Å². The largest absolute Gasteiger partial charge is 0.495 e. The van der Waals surface area contributed by atoms with Crippen LogP contribution in [0, 0.1) is 18.8 Å². The van der Waals surface area contributed by atoms with Crippen molar-refractivity contribution in [1.82, 2.24) is 0 Å². The van der Waals surface area contributed by atoms with Gasteiger partial charge in [0.1, 0.15) is 10.6 Å². The van der Waals surface area contributed by atoms with Crippen molar-refractivity contribution in [1.29, 1.82) is 0 Å². The summed E-state index contributed by atoms with van der Waals surface area (Å²) < 4.78 is 5.17. The topological polar surface area (TPSA) is 64.3 Å². The van der Waals surface area contributed by atoms with Gasteiger partial charge in [0.25, 0.3) is 5.91 Å². The Morgan fingerprint density at radius 1 is 1.43 bits per heavy atom. The summed E-state index contributed by atoms with van der Waals surface area (Å²) in [6.45, 7) is 2.24. The first kappa shape index (κ1) is 15.1. The van der Waals surface area contributed by atoms with E-state index < -0.39 is 0 Å². The van der Waals surface area contributed by atoms with E-state index >= 15 is 0 Å². The average Bonchev–Trinajstić information content (AvgIpc) is 2.95. The quantitative estimate of drug-likeness (QED) is 0.856. The lowest BCUT2D eigenvalue weighted by atomic mass is 10.1. The number of methoxy groups -OCH3 is 1. The van der Waals surface area contributed by atoms with E-state index in [0.29, 0.717) is 16.3 Å². The Bertz CT molecular complexity index is 711. The minimum atomic E-state index is -0.205. The highest BCUT2D eigenvalue weighted by molar-refractivity contribution is 7.12. The summed E-state index contributed by atoms with van der Waals surface area (Å²) in [6.07, 6.45) is 0. The summed E-state index contributed by atoms with van der Waals surface area (Å²) in [5.74, 6) is 6.13. The van der Waals surface area contributed by atoms with Gasteiger partial charge in [0.05, 0.1) is 19.3 Å². The van der Waals surface area contributed by atoms with Gasteiger partial charge in [0.15, 0.2) is 0 Å². The second-order valence-corrected chi connectivity index (χ2v) is 5.24. The minimum absolute atomic E-state index is 0.205. The van der Waals surface area contributed by atoms with E-state index in [4.69, 9.17) is 10.5 Å². The van der Waals surface area contributed by atoms with E-state index in [2.05, 4.69) is 17.2 Å². The van der Waals surface area contributed by atoms with Crippen molar-refractivity contribution < 1.29 is 9.53 Å². The van der Waals surface area contributed by atoms with Crippen LogP contribution in [-0.4, -0.2) is 19.6 Å². The van der Waals surface area contributed by atoms with Gasteiger partial charge in [0.2, 0.25) is 0 Å². The zero-order chi connectivity index (χ0) is 15.2. The number of rotatable bonds is 3. The smallest absolute Gasteiger partial charge is 0.269 e. The van der Waals surface area contributed by atoms with Gasteiger partial charge in [-0.3, -0.25) is 4.79 Å². The molecule has 0 aliphatic carbocycles. The monoisotopic (exact) mass is 300 g/mol. The molecule has 2 aromatic rings. The van der Waals surface area contributed by atoms with Crippen LogP contribution in [0.3, 0.4) is 0 Å². The Balaban J connectivity index is 2.30. The van der Waals surface area contributed by atoms with Gasteiger partial charge < -0.3 is 15.8 Å². The number of hydrogen-bond acceptors (Lipinski definition) is 4. The van der Waals surface area contributed by atoms with Crippen LogP contribution in [0.15, 0.2) is 29.6 Å². The molecule has 0 atom stereocenters. The lowest BCUT2D eigenvalue weighted by Gasteiger charge is -2.09. The number of benzene rings is 1. The molecule has 2 rings (SSSR count). The van der Waals surface area contributed by atoms with Gasteiger partial charge in [-0.05, 0) is 36.1 Å². The predicted octanol–water partition coefficient (Wildman–Crippen LogP) is 2.63. The van der Waals surface area contributed by atoms with Crippen LogP contribution in [0.2, 0.25) is 0 Å². The molecule has 0 saturated heterocycles. The van der Waals surface area contributed by atoms with E-state index in [-0.39, 0.29) is 12.5 Å². The number of carbonyl (C=O) groups is 1. The molecule has 0 bridgehead atoms. The lowest BCUT2D eigenvalue weighted by molar-refractivity contribution is 0.102. The van der Waals surface area contributed by atoms with E-state index in [0.717, 1.165) is 11.1 Å². The average molecular weight is 300 g/mol. The third kappa shape index (κ3) is 3.63. The zero-order valence-corrected chi connectivity index (χ0v) is 12.7. The number of aryl methyl sites for hydroxylation is 1. The highest BCUT2D eigenvalue weighted by Gasteiger charge is 2.15. The first-order chi connectivity index (χ1) is 10.2. The van der Waals surface area contributed by atoms with Crippen LogP contribution in [0.5, 0.6) is 5.75 Å². The lowest BCUT2D eigenvalue weighted by Crippen LogP contribution is -2.12. The molecule has 0 aliphatic heterocycles. The minimum Gasteiger partial charge on any atom is -0.495 e. The molecule has 1 aromatic carbocycles. The van der Waals surface area contributed by atoms with Crippen LogP contribution in [0.4, 0.5) is 5.69 Å². The number of ether oxygens (including phenoxy) is 1. The molecular formula is C16H16N2O2S. The first-order valence-electron chi connectivity index (χ1n) is 6.38. The molecule has 108 valence electrons. The Labute approximate surface area is 127 Å². The highest BCUT2D eigenvalue weighted by atomic mass is 32.1. The van der Waals surface area contributed by atoms with Crippen molar-refractivity contribution in [3.63, 3.8) is 0 Å². The molecule has 0 spiro atoms. The van der Waals surface area contributed by atoms with Crippen molar-refractivity contribution in [2.75, 3.05) is 19.0 Å². The Morgan fingerprint density at radius 3 is 2.95 bits per heavy atom. The molecule has 0 radical (unpaired) electrons. The molecule has 1 aromatic heterocycles.